The van der Waals surface area contributed by atoms with Gasteiger partial charge in [0.2, 0.25) is 0 Å². The lowest BCUT2D eigenvalue weighted by Crippen LogP contribution is -2.19. The maximum atomic E-state index is 10.0. The minimum atomic E-state index is -0.410. The van der Waals surface area contributed by atoms with Crippen molar-refractivity contribution in [1.82, 2.24) is 9.78 Å². The summed E-state index contributed by atoms with van der Waals surface area (Å²) >= 11 is 6.14. The molecule has 0 aliphatic heterocycles. The lowest BCUT2D eigenvalue weighted by Gasteiger charge is -2.16. The van der Waals surface area contributed by atoms with Crippen molar-refractivity contribution in [2.75, 3.05) is 13.7 Å². The third kappa shape index (κ3) is 3.98. The topological polar surface area (TPSA) is 47.3 Å². The predicted octanol–water partition coefficient (Wildman–Crippen LogP) is 1.96. The van der Waals surface area contributed by atoms with Gasteiger partial charge in [0, 0.05) is 27.2 Å². The van der Waals surface area contributed by atoms with Crippen LogP contribution < -0.4 is 0 Å². The summed E-state index contributed by atoms with van der Waals surface area (Å²) in [5, 5.41) is 14.9. The number of aliphatic hydroxyl groups excluding tert-OH is 1. The van der Waals surface area contributed by atoms with Crippen LogP contribution in [0.5, 0.6) is 0 Å². The van der Waals surface area contributed by atoms with Crippen LogP contribution in [-0.4, -0.2) is 34.7 Å². The van der Waals surface area contributed by atoms with Crippen LogP contribution in [0.25, 0.3) is 0 Å². The second kappa shape index (κ2) is 6.38. The van der Waals surface area contributed by atoms with Gasteiger partial charge in [0.25, 0.3) is 0 Å². The molecule has 0 aromatic carbocycles. The summed E-state index contributed by atoms with van der Waals surface area (Å²) < 4.78 is 6.79. The highest BCUT2D eigenvalue weighted by atomic mass is 35.5. The SMILES string of the molecule is COCC(C)CC(O)Cc1c(Cl)c(C)nn1C. The molecule has 1 rings (SSSR count). The van der Waals surface area contributed by atoms with Crippen molar-refractivity contribution in [2.24, 2.45) is 13.0 Å². The molecule has 17 heavy (non-hydrogen) atoms. The number of rotatable bonds is 6. The Morgan fingerprint density at radius 3 is 2.65 bits per heavy atom. The van der Waals surface area contributed by atoms with Gasteiger partial charge in [-0.25, -0.2) is 0 Å². The second-order valence-electron chi connectivity index (χ2n) is 4.62. The van der Waals surface area contributed by atoms with Crippen LogP contribution in [0.2, 0.25) is 5.02 Å². The number of aromatic nitrogens is 2. The van der Waals surface area contributed by atoms with Crippen LogP contribution in [-0.2, 0) is 18.2 Å². The van der Waals surface area contributed by atoms with E-state index in [0.717, 1.165) is 11.4 Å². The van der Waals surface area contributed by atoms with Crippen molar-refractivity contribution >= 4 is 11.6 Å². The van der Waals surface area contributed by atoms with E-state index in [4.69, 9.17) is 16.3 Å². The fourth-order valence-electron chi connectivity index (χ4n) is 2.03. The molecule has 2 atom stereocenters. The van der Waals surface area contributed by atoms with Crippen molar-refractivity contribution < 1.29 is 9.84 Å². The molecule has 0 saturated carbocycles. The summed E-state index contributed by atoms with van der Waals surface area (Å²) in [6.07, 6.45) is 0.825. The van der Waals surface area contributed by atoms with Gasteiger partial charge in [-0.15, -0.1) is 0 Å². The molecule has 0 radical (unpaired) electrons. The van der Waals surface area contributed by atoms with E-state index < -0.39 is 6.10 Å². The van der Waals surface area contributed by atoms with E-state index in [1.54, 1.807) is 11.8 Å². The molecule has 1 N–H and O–H groups in total. The van der Waals surface area contributed by atoms with Gasteiger partial charge < -0.3 is 9.84 Å². The average molecular weight is 261 g/mol. The van der Waals surface area contributed by atoms with Gasteiger partial charge in [-0.3, -0.25) is 4.68 Å². The summed E-state index contributed by atoms with van der Waals surface area (Å²) in [4.78, 5) is 0. The van der Waals surface area contributed by atoms with Gasteiger partial charge in [-0.05, 0) is 19.3 Å². The summed E-state index contributed by atoms with van der Waals surface area (Å²) in [6, 6.07) is 0. The van der Waals surface area contributed by atoms with E-state index in [1.165, 1.54) is 0 Å². The highest BCUT2D eigenvalue weighted by Crippen LogP contribution is 2.22. The lowest BCUT2D eigenvalue weighted by atomic mass is 10.0. The van der Waals surface area contributed by atoms with Crippen molar-refractivity contribution in [3.8, 4) is 0 Å². The van der Waals surface area contributed by atoms with E-state index in [0.29, 0.717) is 30.4 Å². The van der Waals surface area contributed by atoms with Crippen molar-refractivity contribution in [3.05, 3.63) is 16.4 Å². The highest BCUT2D eigenvalue weighted by molar-refractivity contribution is 6.31. The Labute approximate surface area is 108 Å². The third-order valence-corrected chi connectivity index (χ3v) is 3.31. The zero-order chi connectivity index (χ0) is 13.0. The Bertz CT molecular complexity index is 366. The number of methoxy groups -OCH3 is 1. The number of hydrogen-bond acceptors (Lipinski definition) is 3. The molecule has 1 aromatic heterocycles. The fraction of sp³-hybridized carbons (Fsp3) is 0.750. The summed E-state index contributed by atoms with van der Waals surface area (Å²) in [5.74, 6) is 0.336. The van der Waals surface area contributed by atoms with Gasteiger partial charge in [-0.2, -0.15) is 5.10 Å². The Balaban J connectivity index is 2.58. The van der Waals surface area contributed by atoms with Crippen molar-refractivity contribution in [1.29, 1.82) is 0 Å². The van der Waals surface area contributed by atoms with E-state index in [1.807, 2.05) is 14.0 Å². The molecule has 0 saturated heterocycles. The number of aliphatic hydroxyl groups is 1. The number of ether oxygens (including phenoxy) is 1. The monoisotopic (exact) mass is 260 g/mol. The molecule has 0 fully saturated rings. The summed E-state index contributed by atoms with van der Waals surface area (Å²) in [7, 11) is 3.52. The first-order valence-electron chi connectivity index (χ1n) is 5.80. The van der Waals surface area contributed by atoms with Gasteiger partial charge >= 0.3 is 0 Å². The molecule has 0 aliphatic carbocycles. The van der Waals surface area contributed by atoms with E-state index in [9.17, 15) is 5.11 Å². The van der Waals surface area contributed by atoms with Crippen molar-refractivity contribution in [2.45, 2.75) is 32.8 Å². The second-order valence-corrected chi connectivity index (χ2v) is 5.00. The number of aryl methyl sites for hydroxylation is 2. The molecule has 0 bridgehead atoms. The Morgan fingerprint density at radius 1 is 1.53 bits per heavy atom. The van der Waals surface area contributed by atoms with Crippen LogP contribution in [0.15, 0.2) is 0 Å². The van der Waals surface area contributed by atoms with E-state index in [-0.39, 0.29) is 0 Å². The molecule has 1 aromatic rings. The zero-order valence-corrected chi connectivity index (χ0v) is 11.7. The molecule has 2 unspecified atom stereocenters. The highest BCUT2D eigenvalue weighted by Gasteiger charge is 2.17. The van der Waals surface area contributed by atoms with Crippen LogP contribution in [0, 0.1) is 12.8 Å². The predicted molar refractivity (Wildman–Crippen MR) is 68.3 cm³/mol. The quantitative estimate of drug-likeness (QED) is 0.851. The van der Waals surface area contributed by atoms with E-state index >= 15 is 0 Å². The maximum Gasteiger partial charge on any atom is 0.0847 e. The number of halogens is 1. The number of hydrogen-bond donors (Lipinski definition) is 1. The summed E-state index contributed by atoms with van der Waals surface area (Å²) in [5.41, 5.74) is 1.70. The standard InChI is InChI=1S/C12H21ClN2O2/c1-8(7-17-4)5-10(16)6-11-12(13)9(2)14-15(11)3/h8,10,16H,5-7H2,1-4H3. The minimum absolute atomic E-state index is 0.336. The molecule has 0 spiro atoms. The maximum absolute atomic E-state index is 10.0. The molecule has 0 amide bonds. The molecular weight excluding hydrogens is 240 g/mol. The van der Waals surface area contributed by atoms with Gasteiger partial charge in [-0.1, -0.05) is 18.5 Å². The largest absolute Gasteiger partial charge is 0.393 e. The molecule has 0 aliphatic rings. The summed E-state index contributed by atoms with van der Waals surface area (Å²) in [6.45, 7) is 4.59. The molecule has 1 heterocycles. The molecular formula is C12H21ClN2O2. The first-order chi connectivity index (χ1) is 7.95. The Hall–Kier alpha value is -0.580. The zero-order valence-electron chi connectivity index (χ0n) is 10.9. The van der Waals surface area contributed by atoms with Crippen LogP contribution in [0.1, 0.15) is 24.7 Å². The Morgan fingerprint density at radius 2 is 2.18 bits per heavy atom. The Kier molecular flexibility index (Phi) is 5.43. The smallest absolute Gasteiger partial charge is 0.0847 e. The minimum Gasteiger partial charge on any atom is -0.393 e. The van der Waals surface area contributed by atoms with Crippen LogP contribution in [0.4, 0.5) is 0 Å². The molecule has 5 heteroatoms. The number of nitrogens with zero attached hydrogens (tertiary/aromatic N) is 2. The average Bonchev–Trinajstić information content (AvgIpc) is 2.45. The van der Waals surface area contributed by atoms with Crippen LogP contribution in [0.3, 0.4) is 0 Å². The first kappa shape index (κ1) is 14.5. The fourth-order valence-corrected chi connectivity index (χ4v) is 2.26. The normalized spacial score (nSPS) is 14.9. The van der Waals surface area contributed by atoms with Crippen molar-refractivity contribution in [3.63, 3.8) is 0 Å². The van der Waals surface area contributed by atoms with E-state index in [2.05, 4.69) is 12.0 Å². The van der Waals surface area contributed by atoms with Crippen LogP contribution >= 0.6 is 11.6 Å². The lowest BCUT2D eigenvalue weighted by molar-refractivity contribution is 0.101. The first-order valence-corrected chi connectivity index (χ1v) is 6.18. The van der Waals surface area contributed by atoms with Gasteiger partial charge in [0.05, 0.1) is 22.5 Å². The third-order valence-electron chi connectivity index (χ3n) is 2.82. The molecule has 98 valence electrons. The van der Waals surface area contributed by atoms with Gasteiger partial charge in [0.1, 0.15) is 0 Å². The van der Waals surface area contributed by atoms with Gasteiger partial charge in [0.15, 0.2) is 0 Å². The molecule has 4 nitrogen and oxygen atoms in total.